The lowest BCUT2D eigenvalue weighted by Gasteiger charge is -2.15. The summed E-state index contributed by atoms with van der Waals surface area (Å²) in [6.07, 6.45) is 4.54. The number of nitrogens with zero attached hydrogens (tertiary/aromatic N) is 5. The van der Waals surface area contributed by atoms with E-state index in [4.69, 9.17) is 0 Å². The number of hydrogen-bond donors (Lipinski definition) is 1. The van der Waals surface area contributed by atoms with Crippen LogP contribution in [0.25, 0.3) is 17.2 Å². The lowest BCUT2D eigenvalue weighted by molar-refractivity contribution is 0.742. The summed E-state index contributed by atoms with van der Waals surface area (Å²) in [5.41, 5.74) is 1.90. The number of rotatable bonds is 5. The number of aromatic nitrogens is 5. The number of hydrogen-bond acceptors (Lipinski definition) is 5. The Kier molecular flexibility index (Phi) is 4.23. The van der Waals surface area contributed by atoms with E-state index in [0.717, 1.165) is 23.5 Å². The fraction of sp³-hybridized carbons (Fsp3) is 0.412. The van der Waals surface area contributed by atoms with Crippen molar-refractivity contribution >= 4 is 11.6 Å². The van der Waals surface area contributed by atoms with E-state index in [-0.39, 0.29) is 0 Å². The monoisotopic (exact) mass is 310 g/mol. The van der Waals surface area contributed by atoms with Gasteiger partial charge in [0.2, 0.25) is 0 Å². The van der Waals surface area contributed by atoms with Gasteiger partial charge in [-0.25, -0.2) is 4.98 Å². The SMILES string of the molecule is CC[C@@H](C)Nc1cc(C(C)C)nc2nc(-c3cccnc3)nn12. The Morgan fingerprint density at radius 3 is 2.70 bits per heavy atom. The molecule has 0 saturated carbocycles. The van der Waals surface area contributed by atoms with Gasteiger partial charge in [0.1, 0.15) is 5.82 Å². The molecule has 120 valence electrons. The third kappa shape index (κ3) is 3.16. The van der Waals surface area contributed by atoms with Crippen LogP contribution in [0.15, 0.2) is 30.6 Å². The van der Waals surface area contributed by atoms with Crippen LogP contribution in [0.2, 0.25) is 0 Å². The van der Waals surface area contributed by atoms with Gasteiger partial charge < -0.3 is 5.32 Å². The highest BCUT2D eigenvalue weighted by Crippen LogP contribution is 2.22. The normalized spacial score (nSPS) is 12.7. The molecule has 6 heteroatoms. The Labute approximate surface area is 136 Å². The van der Waals surface area contributed by atoms with E-state index >= 15 is 0 Å². The standard InChI is InChI=1S/C17H22N6/c1-5-12(4)19-15-9-14(11(2)3)20-17-21-16(22-23(15)17)13-7-6-8-18-10-13/h6-12,19H,5H2,1-4H3/t12-/m1/s1. The molecule has 0 bridgehead atoms. The highest BCUT2D eigenvalue weighted by molar-refractivity contribution is 5.57. The maximum atomic E-state index is 4.64. The van der Waals surface area contributed by atoms with Crippen LogP contribution in [0.3, 0.4) is 0 Å². The molecule has 23 heavy (non-hydrogen) atoms. The van der Waals surface area contributed by atoms with E-state index in [9.17, 15) is 0 Å². The Bertz CT molecular complexity index is 793. The van der Waals surface area contributed by atoms with Crippen molar-refractivity contribution in [1.29, 1.82) is 0 Å². The summed E-state index contributed by atoms with van der Waals surface area (Å²) in [5, 5.41) is 8.11. The summed E-state index contributed by atoms with van der Waals surface area (Å²) in [7, 11) is 0. The minimum Gasteiger partial charge on any atom is -0.367 e. The molecule has 0 radical (unpaired) electrons. The molecule has 0 saturated heterocycles. The van der Waals surface area contributed by atoms with Crippen molar-refractivity contribution in [2.24, 2.45) is 0 Å². The molecule has 0 aliphatic rings. The van der Waals surface area contributed by atoms with Gasteiger partial charge in [-0.05, 0) is 31.4 Å². The number of pyridine rings is 1. The Morgan fingerprint density at radius 1 is 1.22 bits per heavy atom. The lowest BCUT2D eigenvalue weighted by atomic mass is 10.1. The molecular weight excluding hydrogens is 288 g/mol. The van der Waals surface area contributed by atoms with Crippen LogP contribution in [0.1, 0.15) is 45.7 Å². The van der Waals surface area contributed by atoms with Crippen molar-refractivity contribution in [1.82, 2.24) is 24.6 Å². The third-order valence-electron chi connectivity index (χ3n) is 3.85. The van der Waals surface area contributed by atoms with Crippen LogP contribution in [0, 0.1) is 0 Å². The van der Waals surface area contributed by atoms with E-state index in [2.05, 4.69) is 59.1 Å². The number of nitrogens with one attached hydrogen (secondary N) is 1. The fourth-order valence-corrected chi connectivity index (χ4v) is 2.26. The molecule has 3 aromatic heterocycles. The van der Waals surface area contributed by atoms with E-state index in [0.29, 0.717) is 23.6 Å². The van der Waals surface area contributed by atoms with E-state index in [1.807, 2.05) is 12.1 Å². The van der Waals surface area contributed by atoms with Gasteiger partial charge in [0.15, 0.2) is 5.82 Å². The molecule has 3 rings (SSSR count). The van der Waals surface area contributed by atoms with Crippen molar-refractivity contribution in [3.63, 3.8) is 0 Å². The molecule has 3 aromatic rings. The summed E-state index contributed by atoms with van der Waals surface area (Å²) in [4.78, 5) is 13.4. The maximum Gasteiger partial charge on any atom is 0.254 e. The summed E-state index contributed by atoms with van der Waals surface area (Å²) < 4.78 is 1.78. The largest absolute Gasteiger partial charge is 0.367 e. The first-order valence-electron chi connectivity index (χ1n) is 8.03. The van der Waals surface area contributed by atoms with Gasteiger partial charge in [-0.15, -0.1) is 5.10 Å². The van der Waals surface area contributed by atoms with E-state index < -0.39 is 0 Å². The minimum atomic E-state index is 0.330. The third-order valence-corrected chi connectivity index (χ3v) is 3.85. The second kappa shape index (κ2) is 6.32. The predicted octanol–water partition coefficient (Wildman–Crippen LogP) is 3.52. The summed E-state index contributed by atoms with van der Waals surface area (Å²) in [6.45, 7) is 8.57. The van der Waals surface area contributed by atoms with E-state index in [1.54, 1.807) is 16.9 Å². The summed E-state index contributed by atoms with van der Waals surface area (Å²) >= 11 is 0. The molecule has 0 unspecified atom stereocenters. The lowest BCUT2D eigenvalue weighted by Crippen LogP contribution is -2.17. The van der Waals surface area contributed by atoms with Crippen molar-refractivity contribution < 1.29 is 0 Å². The van der Waals surface area contributed by atoms with Crippen LogP contribution < -0.4 is 5.32 Å². The first kappa shape index (κ1) is 15.4. The first-order valence-corrected chi connectivity index (χ1v) is 8.03. The minimum absolute atomic E-state index is 0.330. The van der Waals surface area contributed by atoms with Crippen LogP contribution in [-0.2, 0) is 0 Å². The Hall–Kier alpha value is -2.50. The van der Waals surface area contributed by atoms with Crippen molar-refractivity contribution in [2.45, 2.75) is 46.1 Å². The topological polar surface area (TPSA) is 68.0 Å². The smallest absolute Gasteiger partial charge is 0.254 e. The molecule has 0 aliphatic carbocycles. The average Bonchev–Trinajstić information content (AvgIpc) is 2.99. The molecule has 0 amide bonds. The summed E-state index contributed by atoms with van der Waals surface area (Å²) in [6, 6.07) is 6.25. The van der Waals surface area contributed by atoms with Gasteiger partial charge in [-0.1, -0.05) is 20.8 Å². The molecule has 1 N–H and O–H groups in total. The van der Waals surface area contributed by atoms with Crippen molar-refractivity contribution in [2.75, 3.05) is 5.32 Å². The number of anilines is 1. The molecule has 0 fully saturated rings. The van der Waals surface area contributed by atoms with Gasteiger partial charge in [-0.3, -0.25) is 4.98 Å². The Morgan fingerprint density at radius 2 is 2.04 bits per heavy atom. The first-order chi connectivity index (χ1) is 11.1. The highest BCUT2D eigenvalue weighted by Gasteiger charge is 2.15. The molecule has 0 aliphatic heterocycles. The molecule has 3 heterocycles. The molecule has 0 aromatic carbocycles. The van der Waals surface area contributed by atoms with Gasteiger partial charge in [0.25, 0.3) is 5.78 Å². The van der Waals surface area contributed by atoms with Gasteiger partial charge >= 0.3 is 0 Å². The average molecular weight is 310 g/mol. The zero-order valence-corrected chi connectivity index (χ0v) is 14.0. The van der Waals surface area contributed by atoms with Crippen molar-refractivity contribution in [3.05, 3.63) is 36.3 Å². The zero-order chi connectivity index (χ0) is 16.4. The second-order valence-electron chi connectivity index (χ2n) is 6.06. The maximum absolute atomic E-state index is 4.64. The Balaban J connectivity index is 2.13. The van der Waals surface area contributed by atoms with Crippen LogP contribution >= 0.6 is 0 Å². The molecule has 0 spiro atoms. The molecule has 1 atom stereocenters. The zero-order valence-electron chi connectivity index (χ0n) is 14.0. The molecule has 6 nitrogen and oxygen atoms in total. The fourth-order valence-electron chi connectivity index (χ4n) is 2.26. The predicted molar refractivity (Wildman–Crippen MR) is 91.5 cm³/mol. The van der Waals surface area contributed by atoms with Crippen LogP contribution in [0.5, 0.6) is 0 Å². The van der Waals surface area contributed by atoms with Crippen LogP contribution in [-0.4, -0.2) is 30.6 Å². The summed E-state index contributed by atoms with van der Waals surface area (Å²) in [5.74, 6) is 2.51. The van der Waals surface area contributed by atoms with Gasteiger partial charge in [-0.2, -0.15) is 9.50 Å². The van der Waals surface area contributed by atoms with Gasteiger partial charge in [0.05, 0.1) is 5.69 Å². The van der Waals surface area contributed by atoms with Crippen molar-refractivity contribution in [3.8, 4) is 11.4 Å². The van der Waals surface area contributed by atoms with Crippen LogP contribution in [0.4, 0.5) is 5.82 Å². The quantitative estimate of drug-likeness (QED) is 0.781. The second-order valence-corrected chi connectivity index (χ2v) is 6.06. The van der Waals surface area contributed by atoms with Gasteiger partial charge in [0, 0.05) is 30.1 Å². The highest BCUT2D eigenvalue weighted by atomic mass is 15.4. The number of fused-ring (bicyclic) bond motifs is 1. The van der Waals surface area contributed by atoms with E-state index in [1.165, 1.54) is 0 Å². The molecular formula is C17H22N6.